The Kier molecular flexibility index (Phi) is 2.70. The van der Waals surface area contributed by atoms with Gasteiger partial charge in [-0.15, -0.1) is 0 Å². The number of halogens is 2. The van der Waals surface area contributed by atoms with Gasteiger partial charge >= 0.3 is 0 Å². The maximum Gasteiger partial charge on any atom is 0.153 e. The quantitative estimate of drug-likeness (QED) is 0.653. The molecular weight excluding hydrogens is 176 g/mol. The Labute approximate surface area is 73.4 Å². The first-order valence-electron chi connectivity index (χ1n) is 3.49. The first-order chi connectivity index (χ1) is 6.20. The monoisotopic (exact) mass is 181 g/mol. The van der Waals surface area contributed by atoms with Crippen LogP contribution in [0.25, 0.3) is 0 Å². The first kappa shape index (κ1) is 9.33. The molecule has 0 saturated heterocycles. The van der Waals surface area contributed by atoms with Crippen LogP contribution < -0.4 is 0 Å². The molecule has 1 aromatic rings. The highest BCUT2D eigenvalue weighted by atomic mass is 19.1. The summed E-state index contributed by atoms with van der Waals surface area (Å²) < 4.78 is 25.9. The zero-order valence-corrected chi connectivity index (χ0v) is 6.55. The van der Waals surface area contributed by atoms with Gasteiger partial charge in [0.25, 0.3) is 0 Å². The number of nitrogens with zero attached hydrogens (tertiary/aromatic N) is 1. The van der Waals surface area contributed by atoms with E-state index in [1.54, 1.807) is 6.07 Å². The van der Waals surface area contributed by atoms with Crippen LogP contribution in [0.3, 0.4) is 0 Å². The normalized spacial score (nSPS) is 9.31. The molecule has 0 aliphatic heterocycles. The lowest BCUT2D eigenvalue weighted by molar-refractivity contribution is 0.111. The molecular formula is C9H5F2NO. The van der Waals surface area contributed by atoms with Gasteiger partial charge in [0.2, 0.25) is 0 Å². The van der Waals surface area contributed by atoms with Crippen molar-refractivity contribution in [1.82, 2.24) is 0 Å². The molecule has 1 aromatic carbocycles. The van der Waals surface area contributed by atoms with Gasteiger partial charge in [0.05, 0.1) is 18.1 Å². The van der Waals surface area contributed by atoms with Gasteiger partial charge in [-0.05, 0) is 12.1 Å². The van der Waals surface area contributed by atoms with Gasteiger partial charge in [-0.1, -0.05) is 0 Å². The standard InChI is InChI=1S/C9H5F2NO/c10-8-2-1-6(5-13)9(11)7(8)3-4-12/h1-2,5H,3H2. The Hall–Kier alpha value is -1.76. The Morgan fingerprint density at radius 1 is 1.46 bits per heavy atom. The summed E-state index contributed by atoms with van der Waals surface area (Å²) in [5.74, 6) is -1.75. The van der Waals surface area contributed by atoms with E-state index in [0.717, 1.165) is 12.1 Å². The van der Waals surface area contributed by atoms with E-state index in [0.29, 0.717) is 0 Å². The zero-order chi connectivity index (χ0) is 9.84. The van der Waals surface area contributed by atoms with Gasteiger partial charge in [0.15, 0.2) is 6.29 Å². The van der Waals surface area contributed by atoms with Crippen LogP contribution in [-0.2, 0) is 6.42 Å². The lowest BCUT2D eigenvalue weighted by Gasteiger charge is -2.01. The van der Waals surface area contributed by atoms with Crippen molar-refractivity contribution in [1.29, 1.82) is 5.26 Å². The number of benzene rings is 1. The third-order valence-electron chi connectivity index (χ3n) is 1.60. The van der Waals surface area contributed by atoms with E-state index in [1.165, 1.54) is 0 Å². The topological polar surface area (TPSA) is 40.9 Å². The summed E-state index contributed by atoms with van der Waals surface area (Å²) in [4.78, 5) is 10.2. The fourth-order valence-electron chi connectivity index (χ4n) is 0.948. The fourth-order valence-corrected chi connectivity index (χ4v) is 0.948. The van der Waals surface area contributed by atoms with Crippen molar-refractivity contribution in [3.63, 3.8) is 0 Å². The van der Waals surface area contributed by atoms with Crippen LogP contribution in [0.5, 0.6) is 0 Å². The van der Waals surface area contributed by atoms with Crippen LogP contribution in [0.15, 0.2) is 12.1 Å². The number of carbonyl (C=O) groups excluding carboxylic acids is 1. The largest absolute Gasteiger partial charge is 0.298 e. The summed E-state index contributed by atoms with van der Waals surface area (Å²) in [5, 5.41) is 8.26. The smallest absolute Gasteiger partial charge is 0.153 e. The Bertz CT molecular complexity index is 382. The summed E-state index contributed by atoms with van der Waals surface area (Å²) in [7, 11) is 0. The number of nitriles is 1. The minimum absolute atomic E-state index is 0.230. The van der Waals surface area contributed by atoms with Crippen molar-refractivity contribution in [2.75, 3.05) is 0 Å². The van der Waals surface area contributed by atoms with Crippen molar-refractivity contribution in [3.8, 4) is 6.07 Å². The molecule has 0 heterocycles. The molecule has 2 nitrogen and oxygen atoms in total. The molecule has 0 aromatic heterocycles. The predicted octanol–water partition coefficient (Wildman–Crippen LogP) is 1.84. The zero-order valence-electron chi connectivity index (χ0n) is 6.55. The molecule has 0 unspecified atom stereocenters. The van der Waals surface area contributed by atoms with Crippen LogP contribution in [0, 0.1) is 23.0 Å². The van der Waals surface area contributed by atoms with Gasteiger partial charge in [0.1, 0.15) is 11.6 Å². The number of hydrogen-bond donors (Lipinski definition) is 0. The molecule has 0 aliphatic rings. The van der Waals surface area contributed by atoms with Crippen LogP contribution in [0.1, 0.15) is 15.9 Å². The fraction of sp³-hybridized carbons (Fsp3) is 0.111. The summed E-state index contributed by atoms with van der Waals surface area (Å²) >= 11 is 0. The van der Waals surface area contributed by atoms with Gasteiger partial charge in [-0.2, -0.15) is 5.26 Å². The number of rotatable bonds is 2. The van der Waals surface area contributed by atoms with Gasteiger partial charge < -0.3 is 0 Å². The molecule has 1 rings (SSSR count). The highest BCUT2D eigenvalue weighted by molar-refractivity contribution is 5.75. The van der Waals surface area contributed by atoms with E-state index in [2.05, 4.69) is 0 Å². The third kappa shape index (κ3) is 1.70. The second-order valence-electron chi connectivity index (χ2n) is 2.38. The van der Waals surface area contributed by atoms with E-state index in [1.807, 2.05) is 0 Å². The van der Waals surface area contributed by atoms with E-state index >= 15 is 0 Å². The summed E-state index contributed by atoms with van der Waals surface area (Å²) in [6.45, 7) is 0. The molecule has 66 valence electrons. The molecule has 0 saturated carbocycles. The maximum absolute atomic E-state index is 13.1. The molecule has 0 fully saturated rings. The van der Waals surface area contributed by atoms with Gasteiger partial charge in [-0.25, -0.2) is 8.78 Å². The Morgan fingerprint density at radius 3 is 2.69 bits per heavy atom. The van der Waals surface area contributed by atoms with Crippen molar-refractivity contribution in [2.45, 2.75) is 6.42 Å². The van der Waals surface area contributed by atoms with Gasteiger partial charge in [-0.3, -0.25) is 4.79 Å². The van der Waals surface area contributed by atoms with E-state index < -0.39 is 11.6 Å². The molecule has 0 spiro atoms. The molecule has 4 heteroatoms. The molecule has 13 heavy (non-hydrogen) atoms. The van der Waals surface area contributed by atoms with E-state index in [9.17, 15) is 13.6 Å². The lowest BCUT2D eigenvalue weighted by Crippen LogP contribution is -1.98. The average molecular weight is 181 g/mol. The van der Waals surface area contributed by atoms with Crippen LogP contribution in [0.4, 0.5) is 8.78 Å². The number of carbonyl (C=O) groups is 1. The minimum Gasteiger partial charge on any atom is -0.298 e. The number of hydrogen-bond acceptors (Lipinski definition) is 2. The van der Waals surface area contributed by atoms with Crippen molar-refractivity contribution in [3.05, 3.63) is 34.9 Å². The van der Waals surface area contributed by atoms with Crippen LogP contribution in [0.2, 0.25) is 0 Å². The summed E-state index contributed by atoms with van der Waals surface area (Å²) in [6, 6.07) is 3.63. The summed E-state index contributed by atoms with van der Waals surface area (Å²) in [6.07, 6.45) is -0.0883. The highest BCUT2D eigenvalue weighted by Gasteiger charge is 2.12. The molecule has 0 radical (unpaired) electrons. The molecule has 0 N–H and O–H groups in total. The first-order valence-corrected chi connectivity index (χ1v) is 3.49. The lowest BCUT2D eigenvalue weighted by atomic mass is 10.1. The second kappa shape index (κ2) is 3.76. The predicted molar refractivity (Wildman–Crippen MR) is 41.1 cm³/mol. The van der Waals surface area contributed by atoms with Crippen molar-refractivity contribution < 1.29 is 13.6 Å². The molecule has 0 aliphatic carbocycles. The molecule has 0 bridgehead atoms. The summed E-state index contributed by atoms with van der Waals surface area (Å²) in [5.41, 5.74) is -0.584. The molecule has 0 atom stereocenters. The average Bonchev–Trinajstić information content (AvgIpc) is 2.12. The number of aldehydes is 1. The van der Waals surface area contributed by atoms with Crippen LogP contribution >= 0.6 is 0 Å². The Balaban J connectivity index is 3.31. The van der Waals surface area contributed by atoms with Crippen molar-refractivity contribution in [2.24, 2.45) is 0 Å². The SMILES string of the molecule is N#CCc1c(F)ccc(C=O)c1F. The van der Waals surface area contributed by atoms with Crippen LogP contribution in [-0.4, -0.2) is 6.29 Å². The van der Waals surface area contributed by atoms with Gasteiger partial charge in [0, 0.05) is 5.56 Å². The second-order valence-corrected chi connectivity index (χ2v) is 2.38. The highest BCUT2D eigenvalue weighted by Crippen LogP contribution is 2.15. The maximum atomic E-state index is 13.1. The molecule has 0 amide bonds. The van der Waals surface area contributed by atoms with Crippen molar-refractivity contribution >= 4 is 6.29 Å². The van der Waals surface area contributed by atoms with E-state index in [4.69, 9.17) is 5.26 Å². The van der Waals surface area contributed by atoms with E-state index in [-0.39, 0.29) is 23.8 Å². The Morgan fingerprint density at radius 2 is 2.15 bits per heavy atom. The third-order valence-corrected chi connectivity index (χ3v) is 1.60. The minimum atomic E-state index is -0.948.